The van der Waals surface area contributed by atoms with Crippen LogP contribution >= 0.6 is 0 Å². The van der Waals surface area contributed by atoms with Crippen LogP contribution in [0.1, 0.15) is 18.1 Å². The lowest BCUT2D eigenvalue weighted by Crippen LogP contribution is -2.32. The van der Waals surface area contributed by atoms with E-state index in [0.717, 1.165) is 16.9 Å². The van der Waals surface area contributed by atoms with E-state index in [9.17, 15) is 18.4 Å². The van der Waals surface area contributed by atoms with Gasteiger partial charge < -0.3 is 5.32 Å². The molecule has 0 unspecified atom stereocenters. The first-order chi connectivity index (χ1) is 14.5. The smallest absolute Gasteiger partial charge is 0.282 e. The second-order valence-corrected chi connectivity index (χ2v) is 6.85. The normalized spacial score (nSPS) is 13.9. The topological polar surface area (TPSA) is 49.4 Å². The summed E-state index contributed by atoms with van der Waals surface area (Å²) in [7, 11) is 0. The number of aryl methyl sites for hydroxylation is 1. The number of carbonyl (C=O) groups is 2. The predicted octanol–water partition coefficient (Wildman–Crippen LogP) is 4.92. The summed E-state index contributed by atoms with van der Waals surface area (Å²) in [4.78, 5) is 27.6. The van der Waals surface area contributed by atoms with Gasteiger partial charge >= 0.3 is 0 Å². The number of nitrogens with one attached hydrogen (secondary N) is 1. The maximum atomic E-state index is 13.4. The van der Waals surface area contributed by atoms with Gasteiger partial charge in [0.25, 0.3) is 11.8 Å². The van der Waals surface area contributed by atoms with Crippen LogP contribution in [-0.2, 0) is 16.0 Å². The van der Waals surface area contributed by atoms with Crippen LogP contribution in [0.15, 0.2) is 78.5 Å². The van der Waals surface area contributed by atoms with Gasteiger partial charge in [0.05, 0.1) is 11.3 Å². The van der Waals surface area contributed by atoms with Gasteiger partial charge in [-0.3, -0.25) is 9.59 Å². The van der Waals surface area contributed by atoms with Crippen molar-refractivity contribution in [3.63, 3.8) is 0 Å². The van der Waals surface area contributed by atoms with Gasteiger partial charge in [0.1, 0.15) is 17.3 Å². The van der Waals surface area contributed by atoms with Crippen molar-refractivity contribution < 1.29 is 18.4 Å². The van der Waals surface area contributed by atoms with Crippen LogP contribution in [0.5, 0.6) is 0 Å². The summed E-state index contributed by atoms with van der Waals surface area (Å²) in [6.45, 7) is 2.01. The van der Waals surface area contributed by atoms with Crippen molar-refractivity contribution in [1.82, 2.24) is 0 Å². The van der Waals surface area contributed by atoms with Crippen LogP contribution in [0.3, 0.4) is 0 Å². The minimum Gasteiger partial charge on any atom is -0.350 e. The number of hydrogen-bond donors (Lipinski definition) is 1. The van der Waals surface area contributed by atoms with Crippen molar-refractivity contribution in [1.29, 1.82) is 0 Å². The Morgan fingerprint density at radius 3 is 1.90 bits per heavy atom. The highest BCUT2D eigenvalue weighted by atomic mass is 19.1. The molecule has 0 radical (unpaired) electrons. The molecule has 1 aliphatic rings. The number of nitrogens with zero attached hydrogens (tertiary/aromatic N) is 1. The van der Waals surface area contributed by atoms with Crippen LogP contribution in [-0.4, -0.2) is 11.8 Å². The second-order valence-electron chi connectivity index (χ2n) is 6.85. The second kappa shape index (κ2) is 7.91. The quantitative estimate of drug-likeness (QED) is 0.614. The number of imide groups is 1. The fourth-order valence-corrected chi connectivity index (χ4v) is 3.32. The molecule has 0 aromatic heterocycles. The first kappa shape index (κ1) is 19.5. The third-order valence-corrected chi connectivity index (χ3v) is 4.93. The third kappa shape index (κ3) is 3.59. The molecular formula is C24H18F2N2O2. The summed E-state index contributed by atoms with van der Waals surface area (Å²) in [5, 5.41) is 2.94. The van der Waals surface area contributed by atoms with Gasteiger partial charge in [-0.05, 0) is 66.1 Å². The molecule has 1 heterocycles. The molecule has 30 heavy (non-hydrogen) atoms. The molecule has 0 fully saturated rings. The summed E-state index contributed by atoms with van der Waals surface area (Å²) >= 11 is 0. The Balaban J connectivity index is 1.78. The Labute approximate surface area is 172 Å². The van der Waals surface area contributed by atoms with Gasteiger partial charge in [-0.1, -0.05) is 31.2 Å². The summed E-state index contributed by atoms with van der Waals surface area (Å²) in [5.41, 5.74) is 2.57. The molecule has 0 saturated heterocycles. The highest BCUT2D eigenvalue weighted by Crippen LogP contribution is 2.34. The number of amides is 2. The monoisotopic (exact) mass is 404 g/mol. The van der Waals surface area contributed by atoms with Crippen molar-refractivity contribution in [3.8, 4) is 0 Å². The first-order valence-electron chi connectivity index (χ1n) is 9.48. The molecule has 0 aliphatic carbocycles. The third-order valence-electron chi connectivity index (χ3n) is 4.93. The fraction of sp³-hybridized carbons (Fsp3) is 0.0833. The molecule has 0 bridgehead atoms. The number of benzene rings is 3. The lowest BCUT2D eigenvalue weighted by molar-refractivity contribution is -0.120. The number of anilines is 2. The van der Waals surface area contributed by atoms with Gasteiger partial charge in [-0.2, -0.15) is 0 Å². The van der Waals surface area contributed by atoms with E-state index in [-0.39, 0.29) is 11.3 Å². The number of halogens is 2. The minimum atomic E-state index is -0.534. The molecule has 4 rings (SSSR count). The van der Waals surface area contributed by atoms with E-state index in [4.69, 9.17) is 0 Å². The van der Waals surface area contributed by atoms with Crippen LogP contribution in [0.2, 0.25) is 0 Å². The van der Waals surface area contributed by atoms with E-state index in [0.29, 0.717) is 16.9 Å². The van der Waals surface area contributed by atoms with E-state index in [1.165, 1.54) is 48.5 Å². The summed E-state index contributed by atoms with van der Waals surface area (Å²) < 4.78 is 26.7. The van der Waals surface area contributed by atoms with Gasteiger partial charge in [-0.25, -0.2) is 13.7 Å². The number of rotatable bonds is 5. The van der Waals surface area contributed by atoms with Gasteiger partial charge in [0.15, 0.2) is 0 Å². The summed E-state index contributed by atoms with van der Waals surface area (Å²) in [6.07, 6.45) is 0.832. The summed E-state index contributed by atoms with van der Waals surface area (Å²) in [5.74, 6) is -1.91. The Morgan fingerprint density at radius 1 is 0.767 bits per heavy atom. The lowest BCUT2D eigenvalue weighted by Gasteiger charge is -2.16. The molecule has 3 aromatic carbocycles. The van der Waals surface area contributed by atoms with Gasteiger partial charge in [0.2, 0.25) is 0 Å². The van der Waals surface area contributed by atoms with E-state index < -0.39 is 23.4 Å². The Kier molecular flexibility index (Phi) is 5.14. The molecule has 2 amide bonds. The molecule has 0 saturated carbocycles. The largest absolute Gasteiger partial charge is 0.350 e. The maximum absolute atomic E-state index is 13.4. The SMILES string of the molecule is CCc1ccc(N2C(=O)C(Nc3ccc(F)cc3)=C(c3ccc(F)cc3)C2=O)cc1. The molecule has 150 valence electrons. The average Bonchev–Trinajstić information content (AvgIpc) is 3.00. The Hall–Kier alpha value is -3.80. The van der Waals surface area contributed by atoms with Crippen LogP contribution in [0.4, 0.5) is 20.2 Å². The zero-order valence-corrected chi connectivity index (χ0v) is 16.2. The maximum Gasteiger partial charge on any atom is 0.282 e. The zero-order valence-electron chi connectivity index (χ0n) is 16.2. The fourth-order valence-electron chi connectivity index (χ4n) is 3.32. The lowest BCUT2D eigenvalue weighted by atomic mass is 10.0. The summed E-state index contributed by atoms with van der Waals surface area (Å²) in [6, 6.07) is 18.0. The van der Waals surface area contributed by atoms with Gasteiger partial charge in [0, 0.05) is 5.69 Å². The van der Waals surface area contributed by atoms with Crippen LogP contribution in [0, 0.1) is 11.6 Å². The standard InChI is InChI=1S/C24H18F2N2O2/c1-2-15-3-13-20(14-4-15)28-23(29)21(16-5-7-17(25)8-6-16)22(24(28)30)27-19-11-9-18(26)10-12-19/h3-14,27H,2H2,1H3. The van der Waals surface area contributed by atoms with Crippen LogP contribution in [0.25, 0.3) is 5.57 Å². The van der Waals surface area contributed by atoms with Gasteiger partial charge in [-0.15, -0.1) is 0 Å². The molecule has 0 atom stereocenters. The van der Waals surface area contributed by atoms with E-state index in [1.54, 1.807) is 12.1 Å². The number of hydrogen-bond acceptors (Lipinski definition) is 3. The molecule has 1 aliphatic heterocycles. The predicted molar refractivity (Wildman–Crippen MR) is 112 cm³/mol. The highest BCUT2D eigenvalue weighted by Gasteiger charge is 2.40. The van der Waals surface area contributed by atoms with Crippen molar-refractivity contribution in [2.45, 2.75) is 13.3 Å². The van der Waals surface area contributed by atoms with Crippen LogP contribution < -0.4 is 10.2 Å². The molecule has 4 nitrogen and oxygen atoms in total. The minimum absolute atomic E-state index is 0.0535. The highest BCUT2D eigenvalue weighted by molar-refractivity contribution is 6.46. The first-order valence-corrected chi connectivity index (χ1v) is 9.48. The van der Waals surface area contributed by atoms with Crippen molar-refractivity contribution in [3.05, 3.63) is 101 Å². The van der Waals surface area contributed by atoms with E-state index in [2.05, 4.69) is 5.32 Å². The van der Waals surface area contributed by atoms with Crippen molar-refractivity contribution >= 4 is 28.8 Å². The molecule has 6 heteroatoms. The molecule has 0 spiro atoms. The van der Waals surface area contributed by atoms with Crippen molar-refractivity contribution in [2.75, 3.05) is 10.2 Å². The Morgan fingerprint density at radius 2 is 1.33 bits per heavy atom. The van der Waals surface area contributed by atoms with E-state index in [1.807, 2.05) is 19.1 Å². The van der Waals surface area contributed by atoms with Crippen molar-refractivity contribution in [2.24, 2.45) is 0 Å². The average molecular weight is 404 g/mol. The Bertz CT molecular complexity index is 1140. The zero-order chi connectivity index (χ0) is 21.3. The number of carbonyl (C=O) groups excluding carboxylic acids is 2. The molecular weight excluding hydrogens is 386 g/mol. The molecule has 3 aromatic rings. The van der Waals surface area contributed by atoms with E-state index >= 15 is 0 Å². The molecule has 1 N–H and O–H groups in total.